The summed E-state index contributed by atoms with van der Waals surface area (Å²) >= 11 is 0. The first-order chi connectivity index (χ1) is 11.6. The summed E-state index contributed by atoms with van der Waals surface area (Å²) in [5.74, 6) is 3.13. The Morgan fingerprint density at radius 1 is 1.25 bits per heavy atom. The van der Waals surface area contributed by atoms with Crippen LogP contribution in [-0.2, 0) is 11.2 Å². The van der Waals surface area contributed by atoms with Crippen LogP contribution in [0.2, 0.25) is 0 Å². The van der Waals surface area contributed by atoms with E-state index in [0.29, 0.717) is 5.92 Å². The molecule has 124 valence electrons. The van der Waals surface area contributed by atoms with Crippen molar-refractivity contribution >= 4 is 12.0 Å². The predicted molar refractivity (Wildman–Crippen MR) is 94.5 cm³/mol. The maximum absolute atomic E-state index is 12.5. The molecule has 1 aromatic carbocycles. The zero-order chi connectivity index (χ0) is 16.7. The first-order valence-electron chi connectivity index (χ1n) is 8.76. The Labute approximate surface area is 143 Å². The lowest BCUT2D eigenvalue weighted by molar-refractivity contribution is -0.126. The molecule has 1 fully saturated rings. The van der Waals surface area contributed by atoms with Crippen molar-refractivity contribution in [1.29, 1.82) is 0 Å². The van der Waals surface area contributed by atoms with E-state index in [2.05, 4.69) is 31.2 Å². The summed E-state index contributed by atoms with van der Waals surface area (Å²) in [4.78, 5) is 14.4. The van der Waals surface area contributed by atoms with Gasteiger partial charge in [0.15, 0.2) is 0 Å². The van der Waals surface area contributed by atoms with Crippen molar-refractivity contribution in [2.45, 2.75) is 38.1 Å². The molecule has 3 heteroatoms. The van der Waals surface area contributed by atoms with Crippen LogP contribution in [0.15, 0.2) is 46.9 Å². The van der Waals surface area contributed by atoms with Crippen LogP contribution in [0, 0.1) is 5.92 Å². The van der Waals surface area contributed by atoms with E-state index in [1.165, 1.54) is 17.5 Å². The molecule has 1 saturated carbocycles. The molecule has 0 aliphatic heterocycles. The summed E-state index contributed by atoms with van der Waals surface area (Å²) in [6.45, 7) is 2.24. The summed E-state index contributed by atoms with van der Waals surface area (Å²) in [5, 5.41) is 0. The number of amides is 1. The molecular formula is C21H23NO2. The minimum absolute atomic E-state index is 0.0226. The third-order valence-corrected chi connectivity index (χ3v) is 5.43. The normalized spacial score (nSPS) is 25.0. The highest BCUT2D eigenvalue weighted by molar-refractivity contribution is 5.91. The molecule has 1 amide bonds. The van der Waals surface area contributed by atoms with Crippen LogP contribution in [0.3, 0.4) is 0 Å². The molecular weight excluding hydrogens is 298 g/mol. The van der Waals surface area contributed by atoms with E-state index in [4.69, 9.17) is 4.42 Å². The summed E-state index contributed by atoms with van der Waals surface area (Å²) in [6, 6.07) is 12.6. The summed E-state index contributed by atoms with van der Waals surface area (Å²) in [5.41, 5.74) is 2.64. The zero-order valence-corrected chi connectivity index (χ0v) is 14.2. The maximum Gasteiger partial charge on any atom is 0.246 e. The number of aryl methyl sites for hydroxylation is 1. The van der Waals surface area contributed by atoms with Crippen molar-refractivity contribution in [1.82, 2.24) is 4.90 Å². The zero-order valence-electron chi connectivity index (χ0n) is 14.2. The molecule has 24 heavy (non-hydrogen) atoms. The van der Waals surface area contributed by atoms with Crippen LogP contribution in [0.5, 0.6) is 0 Å². The van der Waals surface area contributed by atoms with Crippen molar-refractivity contribution in [3.8, 4) is 0 Å². The molecule has 1 aromatic heterocycles. The summed E-state index contributed by atoms with van der Waals surface area (Å²) < 4.78 is 5.83. The van der Waals surface area contributed by atoms with Gasteiger partial charge >= 0.3 is 0 Å². The van der Waals surface area contributed by atoms with Crippen molar-refractivity contribution in [3.05, 3.63) is 65.1 Å². The standard InChI is InChI=1S/C21H23NO2/c1-14-13-18(14)20-11-8-16(24-20)9-12-21(23)22(2)19-10-7-15-5-3-4-6-17(15)19/h3-6,8-9,11-12,14,18-19H,7,10,13H2,1-2H3/b12-9+. The van der Waals surface area contributed by atoms with Gasteiger partial charge in [0.1, 0.15) is 11.5 Å². The molecule has 0 bridgehead atoms. The number of fused-ring (bicyclic) bond motifs is 1. The molecule has 4 rings (SSSR count). The highest BCUT2D eigenvalue weighted by Crippen LogP contribution is 2.47. The van der Waals surface area contributed by atoms with E-state index in [1.54, 1.807) is 12.2 Å². The third-order valence-electron chi connectivity index (χ3n) is 5.43. The fraction of sp³-hybridized carbons (Fsp3) is 0.381. The quantitative estimate of drug-likeness (QED) is 0.773. The Balaban J connectivity index is 1.43. The van der Waals surface area contributed by atoms with Gasteiger partial charge in [0, 0.05) is 19.0 Å². The molecule has 0 saturated heterocycles. The van der Waals surface area contributed by atoms with Gasteiger partial charge in [-0.15, -0.1) is 0 Å². The lowest BCUT2D eigenvalue weighted by atomic mass is 10.1. The Kier molecular flexibility index (Phi) is 3.79. The lowest BCUT2D eigenvalue weighted by Crippen LogP contribution is -2.28. The van der Waals surface area contributed by atoms with E-state index in [0.717, 1.165) is 30.3 Å². The number of rotatable bonds is 4. The molecule has 0 spiro atoms. The van der Waals surface area contributed by atoms with Crippen LogP contribution in [0.4, 0.5) is 0 Å². The van der Waals surface area contributed by atoms with Gasteiger partial charge in [0.2, 0.25) is 5.91 Å². The largest absolute Gasteiger partial charge is 0.461 e. The van der Waals surface area contributed by atoms with Gasteiger partial charge in [0.25, 0.3) is 0 Å². The van der Waals surface area contributed by atoms with Gasteiger partial charge < -0.3 is 9.32 Å². The summed E-state index contributed by atoms with van der Waals surface area (Å²) in [7, 11) is 1.89. The van der Waals surface area contributed by atoms with Crippen LogP contribution in [0.25, 0.3) is 6.08 Å². The fourth-order valence-electron chi connectivity index (χ4n) is 3.74. The number of benzene rings is 1. The number of hydrogen-bond acceptors (Lipinski definition) is 2. The van der Waals surface area contributed by atoms with Gasteiger partial charge in [-0.2, -0.15) is 0 Å². The first-order valence-corrected chi connectivity index (χ1v) is 8.76. The van der Waals surface area contributed by atoms with Crippen molar-refractivity contribution in [2.75, 3.05) is 7.05 Å². The highest BCUT2D eigenvalue weighted by atomic mass is 16.3. The molecule has 1 heterocycles. The lowest BCUT2D eigenvalue weighted by Gasteiger charge is -2.24. The molecule has 0 N–H and O–H groups in total. The number of nitrogens with zero attached hydrogens (tertiary/aromatic N) is 1. The Morgan fingerprint density at radius 3 is 2.83 bits per heavy atom. The van der Waals surface area contributed by atoms with E-state index in [-0.39, 0.29) is 11.9 Å². The second-order valence-electron chi connectivity index (χ2n) is 7.10. The Morgan fingerprint density at radius 2 is 2.04 bits per heavy atom. The van der Waals surface area contributed by atoms with Gasteiger partial charge in [0.05, 0.1) is 6.04 Å². The first kappa shape index (κ1) is 15.3. The Hall–Kier alpha value is -2.29. The summed E-state index contributed by atoms with van der Waals surface area (Å²) in [6.07, 6.45) is 6.67. The maximum atomic E-state index is 12.5. The SMILES string of the molecule is CC1CC1c1ccc(/C=C/C(=O)N(C)C2CCc3ccccc32)o1. The van der Waals surface area contributed by atoms with Crippen molar-refractivity contribution in [3.63, 3.8) is 0 Å². The van der Waals surface area contributed by atoms with E-state index in [1.807, 2.05) is 24.1 Å². The molecule has 2 aliphatic carbocycles. The molecule has 2 aromatic rings. The van der Waals surface area contributed by atoms with Gasteiger partial charge in [-0.25, -0.2) is 0 Å². The predicted octanol–water partition coefficient (Wildman–Crippen LogP) is 4.56. The number of likely N-dealkylation sites (N-methyl/N-ethyl adjacent to an activating group) is 1. The second kappa shape index (κ2) is 5.97. The number of hydrogen-bond donors (Lipinski definition) is 0. The minimum atomic E-state index is 0.0226. The molecule has 3 unspecified atom stereocenters. The van der Waals surface area contributed by atoms with Gasteiger partial charge in [-0.3, -0.25) is 4.79 Å². The monoisotopic (exact) mass is 321 g/mol. The third kappa shape index (κ3) is 2.79. The number of carbonyl (C=O) groups is 1. The van der Waals surface area contributed by atoms with Crippen LogP contribution >= 0.6 is 0 Å². The Bertz CT molecular complexity index is 789. The van der Waals surface area contributed by atoms with Crippen LogP contribution in [0.1, 0.15) is 54.4 Å². The van der Waals surface area contributed by atoms with Crippen LogP contribution in [-0.4, -0.2) is 17.9 Å². The van der Waals surface area contributed by atoms with Gasteiger partial charge in [-0.05, 0) is 54.5 Å². The highest BCUT2D eigenvalue weighted by Gasteiger charge is 2.36. The topological polar surface area (TPSA) is 33.5 Å². The van der Waals surface area contributed by atoms with E-state index in [9.17, 15) is 4.79 Å². The van der Waals surface area contributed by atoms with Crippen molar-refractivity contribution in [2.24, 2.45) is 5.92 Å². The average Bonchev–Trinajstić information content (AvgIpc) is 3.03. The van der Waals surface area contributed by atoms with Crippen molar-refractivity contribution < 1.29 is 9.21 Å². The molecule has 0 radical (unpaired) electrons. The van der Waals surface area contributed by atoms with Crippen LogP contribution < -0.4 is 0 Å². The smallest absolute Gasteiger partial charge is 0.246 e. The van der Waals surface area contributed by atoms with Gasteiger partial charge in [-0.1, -0.05) is 31.2 Å². The average molecular weight is 321 g/mol. The molecule has 2 aliphatic rings. The number of furan rings is 1. The minimum Gasteiger partial charge on any atom is -0.461 e. The fourth-order valence-corrected chi connectivity index (χ4v) is 3.74. The molecule has 3 atom stereocenters. The number of carbonyl (C=O) groups excluding carboxylic acids is 1. The molecule has 3 nitrogen and oxygen atoms in total. The second-order valence-corrected chi connectivity index (χ2v) is 7.10. The van der Waals surface area contributed by atoms with E-state index >= 15 is 0 Å². The van der Waals surface area contributed by atoms with E-state index < -0.39 is 0 Å².